The largest absolute Gasteiger partial charge is 0.416 e. The van der Waals surface area contributed by atoms with E-state index in [4.69, 9.17) is 12.2 Å². The van der Waals surface area contributed by atoms with E-state index in [1.54, 1.807) is 4.68 Å². The summed E-state index contributed by atoms with van der Waals surface area (Å²) in [7, 11) is 0. The zero-order valence-electron chi connectivity index (χ0n) is 17.1. The van der Waals surface area contributed by atoms with Crippen LogP contribution in [0.1, 0.15) is 42.3 Å². The molecule has 1 N–H and O–H groups in total. The third-order valence-electron chi connectivity index (χ3n) is 5.45. The molecule has 174 valence electrons. The number of nitrogens with zero attached hydrogens (tertiary/aromatic N) is 3. The highest BCUT2D eigenvalue weighted by molar-refractivity contribution is 7.80. The summed E-state index contributed by atoms with van der Waals surface area (Å²) in [5.74, 6) is 0.912. The van der Waals surface area contributed by atoms with Crippen molar-refractivity contribution in [3.8, 4) is 5.69 Å². The Hall–Kier alpha value is -2.95. The number of halogens is 6. The van der Waals surface area contributed by atoms with Crippen molar-refractivity contribution in [1.29, 1.82) is 0 Å². The molecular weight excluding hydrogens is 466 g/mol. The number of benzene rings is 2. The van der Waals surface area contributed by atoms with Gasteiger partial charge < -0.3 is 5.32 Å². The summed E-state index contributed by atoms with van der Waals surface area (Å²) in [4.78, 5) is 0.173. The van der Waals surface area contributed by atoms with E-state index >= 15 is 0 Å². The number of rotatable bonds is 5. The second-order valence-corrected chi connectivity index (χ2v) is 8.29. The van der Waals surface area contributed by atoms with Crippen LogP contribution in [0, 0.1) is 0 Å². The highest BCUT2D eigenvalue weighted by Crippen LogP contribution is 2.37. The Balaban J connectivity index is 1.43. The summed E-state index contributed by atoms with van der Waals surface area (Å²) in [5.41, 5.74) is -2.18. The van der Waals surface area contributed by atoms with E-state index in [9.17, 15) is 26.3 Å². The summed E-state index contributed by atoms with van der Waals surface area (Å²) in [6.45, 7) is 0. The summed E-state index contributed by atoms with van der Waals surface area (Å²) in [6, 6.07) is 11.0. The first-order valence-corrected chi connectivity index (χ1v) is 10.6. The van der Waals surface area contributed by atoms with Crippen LogP contribution in [0.5, 0.6) is 0 Å². The Morgan fingerprint density at radius 3 is 2.27 bits per heavy atom. The van der Waals surface area contributed by atoms with E-state index in [2.05, 4.69) is 10.4 Å². The second kappa shape index (κ2) is 8.77. The third-order valence-corrected chi connectivity index (χ3v) is 5.75. The molecule has 4 nitrogen and oxygen atoms in total. The Morgan fingerprint density at radius 2 is 1.67 bits per heavy atom. The van der Waals surface area contributed by atoms with Crippen LogP contribution in [-0.2, 0) is 18.8 Å². The van der Waals surface area contributed by atoms with Crippen molar-refractivity contribution in [3.05, 3.63) is 71.8 Å². The number of thiocarbonyl (C=S) groups is 1. The molecule has 0 bridgehead atoms. The topological polar surface area (TPSA) is 33.7 Å². The van der Waals surface area contributed by atoms with Gasteiger partial charge in [-0.1, -0.05) is 35.1 Å². The van der Waals surface area contributed by atoms with Crippen LogP contribution in [0.4, 0.5) is 32.0 Å². The van der Waals surface area contributed by atoms with Gasteiger partial charge in [0, 0.05) is 23.6 Å². The molecule has 0 spiro atoms. The fourth-order valence-electron chi connectivity index (χ4n) is 3.84. The zero-order valence-corrected chi connectivity index (χ0v) is 17.9. The van der Waals surface area contributed by atoms with Gasteiger partial charge in [-0.2, -0.15) is 26.3 Å². The first-order chi connectivity index (χ1) is 15.5. The van der Waals surface area contributed by atoms with Crippen LogP contribution in [0.3, 0.4) is 0 Å². The molecular formula is C22H19F6N4S+. The summed E-state index contributed by atoms with van der Waals surface area (Å²) < 4.78 is 82.1. The molecule has 4 rings (SSSR count). The second-order valence-electron chi connectivity index (χ2n) is 7.79. The monoisotopic (exact) mass is 485 g/mol. The lowest BCUT2D eigenvalue weighted by Crippen LogP contribution is -2.36. The highest BCUT2D eigenvalue weighted by atomic mass is 32.1. The Kier molecular flexibility index (Phi) is 6.17. The first kappa shape index (κ1) is 23.2. The number of hydrogen-bond acceptors (Lipinski definition) is 2. The molecule has 1 aromatic heterocycles. The van der Waals surface area contributed by atoms with Crippen molar-refractivity contribution >= 4 is 22.9 Å². The predicted octanol–water partition coefficient (Wildman–Crippen LogP) is 5.90. The molecule has 0 fully saturated rings. The minimum atomic E-state index is -4.91. The molecule has 1 aliphatic rings. The van der Waals surface area contributed by atoms with E-state index in [1.165, 1.54) is 0 Å². The van der Waals surface area contributed by atoms with Crippen LogP contribution >= 0.6 is 12.2 Å². The number of hydrogen-bond donors (Lipinski definition) is 1. The van der Waals surface area contributed by atoms with Crippen LogP contribution < -0.4 is 9.88 Å². The standard InChI is InChI=1S/C22H18F6N4S/c23-21(24,25)14-10-15(22(26,27)28)12-16(11-14)29-20(33)9-7-17-6-8-19-30-32(13-31(17)19)18-4-2-1-3-5-18/h1-5,10-13,17H,6-9H2/p+1/t17-/m0/s1. The van der Waals surface area contributed by atoms with Crippen molar-refractivity contribution in [2.75, 3.05) is 5.32 Å². The van der Waals surface area contributed by atoms with Crippen LogP contribution in [0.25, 0.3) is 5.69 Å². The minimum Gasteiger partial charge on any atom is -0.350 e. The molecule has 0 saturated heterocycles. The molecule has 33 heavy (non-hydrogen) atoms. The van der Waals surface area contributed by atoms with Crippen molar-refractivity contribution in [2.45, 2.75) is 44.1 Å². The lowest BCUT2D eigenvalue weighted by atomic mass is 10.1. The van der Waals surface area contributed by atoms with Crippen LogP contribution in [-0.4, -0.2) is 14.8 Å². The van der Waals surface area contributed by atoms with Gasteiger partial charge in [0.2, 0.25) is 6.33 Å². The third kappa shape index (κ3) is 5.35. The van der Waals surface area contributed by atoms with Gasteiger partial charge in [0.15, 0.2) is 0 Å². The molecule has 0 aliphatic carbocycles. The van der Waals surface area contributed by atoms with E-state index in [0.29, 0.717) is 25.0 Å². The van der Waals surface area contributed by atoms with E-state index in [1.807, 2.05) is 41.2 Å². The number of aromatic nitrogens is 3. The van der Waals surface area contributed by atoms with Crippen LogP contribution in [0.15, 0.2) is 54.9 Å². The summed E-state index contributed by atoms with van der Waals surface area (Å²) >= 11 is 5.22. The summed E-state index contributed by atoms with van der Waals surface area (Å²) in [5, 5.41) is 7.14. The van der Waals surface area contributed by atoms with Crippen molar-refractivity contribution in [1.82, 2.24) is 9.78 Å². The van der Waals surface area contributed by atoms with Crippen molar-refractivity contribution < 1.29 is 30.9 Å². The maximum atomic E-state index is 13.1. The zero-order chi connectivity index (χ0) is 23.8. The predicted molar refractivity (Wildman–Crippen MR) is 113 cm³/mol. The summed E-state index contributed by atoms with van der Waals surface area (Å²) in [6.07, 6.45) is -5.43. The first-order valence-electron chi connectivity index (χ1n) is 10.1. The van der Waals surface area contributed by atoms with Gasteiger partial charge in [-0.25, -0.2) is 4.57 Å². The quantitative estimate of drug-likeness (QED) is 0.277. The Labute approximate surface area is 190 Å². The number of para-hydroxylation sites is 1. The molecule has 2 heterocycles. The smallest absolute Gasteiger partial charge is 0.350 e. The van der Waals surface area contributed by atoms with E-state index in [0.717, 1.165) is 24.4 Å². The SMILES string of the molecule is FC(F)(F)c1cc(NC(=S)CC[C@@H]2CCc3nn(-c4ccccc4)c[n+]32)cc(C(F)(F)F)c1. The van der Waals surface area contributed by atoms with Gasteiger partial charge in [-0.15, -0.1) is 0 Å². The lowest BCUT2D eigenvalue weighted by Gasteiger charge is -2.16. The molecule has 0 radical (unpaired) electrons. The maximum absolute atomic E-state index is 13.1. The fourth-order valence-corrected chi connectivity index (χ4v) is 4.08. The van der Waals surface area contributed by atoms with E-state index in [-0.39, 0.29) is 22.8 Å². The minimum absolute atomic E-state index is 0.0875. The molecule has 0 unspecified atom stereocenters. The number of alkyl halides is 6. The van der Waals surface area contributed by atoms with Gasteiger partial charge in [0.1, 0.15) is 5.69 Å². The molecule has 1 atom stereocenters. The van der Waals surface area contributed by atoms with Gasteiger partial charge in [0.05, 0.1) is 22.2 Å². The Morgan fingerprint density at radius 1 is 1.03 bits per heavy atom. The van der Waals surface area contributed by atoms with Crippen molar-refractivity contribution in [2.24, 2.45) is 0 Å². The average Bonchev–Trinajstić information content (AvgIpc) is 3.32. The molecule has 1 aliphatic heterocycles. The van der Waals surface area contributed by atoms with Gasteiger partial charge in [-0.3, -0.25) is 0 Å². The molecule has 2 aromatic carbocycles. The lowest BCUT2D eigenvalue weighted by molar-refractivity contribution is -0.717. The molecule has 0 amide bonds. The highest BCUT2D eigenvalue weighted by Gasteiger charge is 2.37. The Bertz CT molecular complexity index is 1120. The number of aryl methyl sites for hydroxylation is 1. The average molecular weight is 485 g/mol. The van der Waals surface area contributed by atoms with E-state index < -0.39 is 23.5 Å². The number of fused-ring (bicyclic) bond motifs is 1. The van der Waals surface area contributed by atoms with Crippen LogP contribution in [0.2, 0.25) is 0 Å². The molecule has 11 heteroatoms. The maximum Gasteiger partial charge on any atom is 0.416 e. The van der Waals surface area contributed by atoms with Gasteiger partial charge >= 0.3 is 12.4 Å². The van der Waals surface area contributed by atoms with Gasteiger partial charge in [-0.05, 0) is 43.2 Å². The normalized spacial score (nSPS) is 16.0. The molecule has 0 saturated carbocycles. The fraction of sp³-hybridized carbons (Fsp3) is 0.318. The molecule has 3 aromatic rings. The number of anilines is 1. The number of nitrogens with one attached hydrogen (secondary N) is 1. The van der Waals surface area contributed by atoms with Crippen molar-refractivity contribution in [3.63, 3.8) is 0 Å². The van der Waals surface area contributed by atoms with Gasteiger partial charge in [0.25, 0.3) is 5.82 Å².